The molecule has 0 amide bonds. The number of H-pyrrole nitrogens is 1. The highest BCUT2D eigenvalue weighted by molar-refractivity contribution is 5.93. The maximum absolute atomic E-state index is 12.1. The molecule has 0 aliphatic carbocycles. The van der Waals surface area contributed by atoms with Gasteiger partial charge in [-0.1, -0.05) is 6.58 Å². The number of aliphatic hydroxyl groups is 2. The average molecular weight is 353 g/mol. The lowest BCUT2D eigenvalue weighted by Crippen LogP contribution is -2.39. The summed E-state index contributed by atoms with van der Waals surface area (Å²) in [6.45, 7) is 4.12. The molecule has 25 heavy (non-hydrogen) atoms. The zero-order valence-corrected chi connectivity index (χ0v) is 14.0. The Morgan fingerprint density at radius 2 is 2.12 bits per heavy atom. The Balaban J connectivity index is 2.26. The molecule has 2 heterocycles. The molecule has 9 nitrogen and oxygen atoms in total. The number of ketones is 1. The van der Waals surface area contributed by atoms with Crippen LogP contribution in [-0.4, -0.2) is 57.5 Å². The minimum absolute atomic E-state index is 0.361. The van der Waals surface area contributed by atoms with E-state index in [-0.39, 0.29) is 0 Å². The monoisotopic (exact) mass is 353 g/mol. The number of unbranched alkanes of at least 4 members (excludes halogenated alkanes) is 1. The number of hydrogen-bond acceptors (Lipinski definition) is 7. The highest BCUT2D eigenvalue weighted by atomic mass is 16.6. The number of aromatic nitrogens is 2. The molecule has 1 aliphatic rings. The predicted octanol–water partition coefficient (Wildman–Crippen LogP) is -1.55. The van der Waals surface area contributed by atoms with Gasteiger partial charge in [0.05, 0.1) is 0 Å². The van der Waals surface area contributed by atoms with Gasteiger partial charge in [0.1, 0.15) is 12.2 Å². The van der Waals surface area contributed by atoms with Crippen molar-refractivity contribution in [1.29, 1.82) is 0 Å². The third kappa shape index (κ3) is 4.13. The zero-order valence-electron chi connectivity index (χ0n) is 14.0. The van der Waals surface area contributed by atoms with Gasteiger partial charge in [-0.15, -0.1) is 0 Å². The zero-order chi connectivity index (χ0) is 18.6. The third-order valence-corrected chi connectivity index (χ3v) is 4.16. The fourth-order valence-electron chi connectivity index (χ4n) is 2.75. The molecular formula is C16H23N3O6. The standard InChI is InChI=1S/C16H23N3O6/c1-3-10(20)13-11(21)12(22)15(25-13)19-8-9(6-4-5-7-17-2)14(23)18-16(19)24/h3,8,11-13,15,17,21-22H,1,4-7H2,2H3,(H,18,23,24). The Bertz CT molecular complexity index is 740. The molecule has 4 N–H and O–H groups in total. The van der Waals surface area contributed by atoms with Gasteiger partial charge >= 0.3 is 5.69 Å². The van der Waals surface area contributed by atoms with Crippen molar-refractivity contribution in [1.82, 2.24) is 14.9 Å². The van der Waals surface area contributed by atoms with Crippen molar-refractivity contribution in [3.8, 4) is 0 Å². The van der Waals surface area contributed by atoms with Crippen LogP contribution in [-0.2, 0) is 16.0 Å². The van der Waals surface area contributed by atoms with Crippen molar-refractivity contribution in [2.45, 2.75) is 43.8 Å². The summed E-state index contributed by atoms with van der Waals surface area (Å²) in [5, 5.41) is 23.1. The Kier molecular flexibility index (Phi) is 6.43. The van der Waals surface area contributed by atoms with Crippen molar-refractivity contribution in [2.24, 2.45) is 0 Å². The molecule has 138 valence electrons. The number of ether oxygens (including phenoxy) is 1. The van der Waals surface area contributed by atoms with Gasteiger partial charge in [-0.25, -0.2) is 4.79 Å². The van der Waals surface area contributed by atoms with Crippen molar-refractivity contribution >= 4 is 5.78 Å². The van der Waals surface area contributed by atoms with E-state index in [1.807, 2.05) is 7.05 Å². The summed E-state index contributed by atoms with van der Waals surface area (Å²) in [4.78, 5) is 37.9. The first-order chi connectivity index (χ1) is 11.9. The summed E-state index contributed by atoms with van der Waals surface area (Å²) < 4.78 is 6.35. The summed E-state index contributed by atoms with van der Waals surface area (Å²) in [5.41, 5.74) is -0.927. The molecule has 4 unspecified atom stereocenters. The number of carbonyl (C=O) groups excluding carboxylic acids is 1. The van der Waals surface area contributed by atoms with Gasteiger partial charge in [-0.3, -0.25) is 19.1 Å². The first-order valence-electron chi connectivity index (χ1n) is 8.07. The maximum Gasteiger partial charge on any atom is 0.330 e. The van der Waals surface area contributed by atoms with E-state index in [0.717, 1.165) is 30.0 Å². The number of carbonyl (C=O) groups is 1. The van der Waals surface area contributed by atoms with Gasteiger partial charge in [-0.05, 0) is 38.9 Å². The van der Waals surface area contributed by atoms with Crippen molar-refractivity contribution in [3.63, 3.8) is 0 Å². The molecule has 0 aromatic carbocycles. The van der Waals surface area contributed by atoms with Crippen LogP contribution in [0, 0.1) is 0 Å². The smallest absolute Gasteiger partial charge is 0.330 e. The van der Waals surface area contributed by atoms with E-state index in [1.54, 1.807) is 0 Å². The molecule has 1 aliphatic heterocycles. The van der Waals surface area contributed by atoms with Gasteiger partial charge in [0.2, 0.25) is 0 Å². The molecule has 1 saturated heterocycles. The SMILES string of the molecule is C=CC(=O)C1OC(n2cc(CCCCNC)c(=O)[nH]c2=O)C(O)C1O. The lowest BCUT2D eigenvalue weighted by atomic mass is 10.1. The third-order valence-electron chi connectivity index (χ3n) is 4.16. The largest absolute Gasteiger partial charge is 0.387 e. The number of aryl methyl sites for hydroxylation is 1. The molecule has 1 aromatic heterocycles. The van der Waals surface area contributed by atoms with Gasteiger partial charge in [0, 0.05) is 11.8 Å². The fraction of sp³-hybridized carbons (Fsp3) is 0.562. The highest BCUT2D eigenvalue weighted by Gasteiger charge is 2.46. The minimum Gasteiger partial charge on any atom is -0.387 e. The molecule has 0 spiro atoms. The normalized spacial score (nSPS) is 25.9. The number of nitrogens with one attached hydrogen (secondary N) is 2. The second-order valence-electron chi connectivity index (χ2n) is 5.92. The van der Waals surface area contributed by atoms with Crippen LogP contribution in [0.25, 0.3) is 0 Å². The Hall–Kier alpha value is -2.07. The molecule has 4 atom stereocenters. The second-order valence-corrected chi connectivity index (χ2v) is 5.92. The van der Waals surface area contributed by atoms with Crippen LogP contribution < -0.4 is 16.6 Å². The fourth-order valence-corrected chi connectivity index (χ4v) is 2.75. The Morgan fingerprint density at radius 1 is 1.40 bits per heavy atom. The molecule has 1 fully saturated rings. The van der Waals surface area contributed by atoms with Crippen molar-refractivity contribution in [2.75, 3.05) is 13.6 Å². The summed E-state index contributed by atoms with van der Waals surface area (Å²) in [6.07, 6.45) is -1.25. The van der Waals surface area contributed by atoms with Crippen LogP contribution in [0.5, 0.6) is 0 Å². The predicted molar refractivity (Wildman–Crippen MR) is 89.3 cm³/mol. The van der Waals surface area contributed by atoms with E-state index in [0.29, 0.717) is 12.0 Å². The number of nitrogens with zero attached hydrogens (tertiary/aromatic N) is 1. The lowest BCUT2D eigenvalue weighted by Gasteiger charge is -2.17. The molecule has 2 rings (SSSR count). The molecule has 1 aromatic rings. The van der Waals surface area contributed by atoms with E-state index in [9.17, 15) is 24.6 Å². The van der Waals surface area contributed by atoms with E-state index < -0.39 is 41.6 Å². The topological polar surface area (TPSA) is 134 Å². The van der Waals surface area contributed by atoms with Gasteiger partial charge < -0.3 is 20.3 Å². The average Bonchev–Trinajstić information content (AvgIpc) is 2.88. The van der Waals surface area contributed by atoms with Crippen molar-refractivity contribution in [3.05, 3.63) is 45.3 Å². The maximum atomic E-state index is 12.1. The second kappa shape index (κ2) is 8.34. The molecular weight excluding hydrogens is 330 g/mol. The van der Waals surface area contributed by atoms with E-state index in [1.165, 1.54) is 6.20 Å². The summed E-state index contributed by atoms with van der Waals surface area (Å²) in [6, 6.07) is 0. The summed E-state index contributed by atoms with van der Waals surface area (Å²) >= 11 is 0. The van der Waals surface area contributed by atoms with Crippen LogP contribution in [0.3, 0.4) is 0 Å². The number of aliphatic hydroxyl groups excluding tert-OH is 2. The van der Waals surface area contributed by atoms with Crippen molar-refractivity contribution < 1.29 is 19.7 Å². The van der Waals surface area contributed by atoms with Crippen LogP contribution in [0.1, 0.15) is 24.6 Å². The molecule has 0 radical (unpaired) electrons. The van der Waals surface area contributed by atoms with Crippen LogP contribution >= 0.6 is 0 Å². The van der Waals surface area contributed by atoms with Gasteiger partial charge in [0.15, 0.2) is 18.1 Å². The van der Waals surface area contributed by atoms with Crippen LogP contribution in [0.4, 0.5) is 0 Å². The quantitative estimate of drug-likeness (QED) is 0.328. The van der Waals surface area contributed by atoms with Crippen LogP contribution in [0.2, 0.25) is 0 Å². The summed E-state index contributed by atoms with van der Waals surface area (Å²) in [5.74, 6) is -0.598. The Morgan fingerprint density at radius 3 is 2.76 bits per heavy atom. The van der Waals surface area contributed by atoms with Gasteiger partial charge in [0.25, 0.3) is 5.56 Å². The first kappa shape index (κ1) is 19.3. The highest BCUT2D eigenvalue weighted by Crippen LogP contribution is 2.29. The summed E-state index contributed by atoms with van der Waals surface area (Å²) in [7, 11) is 1.83. The van der Waals surface area contributed by atoms with Crippen LogP contribution in [0.15, 0.2) is 28.4 Å². The van der Waals surface area contributed by atoms with Gasteiger partial charge in [-0.2, -0.15) is 0 Å². The van der Waals surface area contributed by atoms with E-state index in [4.69, 9.17) is 4.74 Å². The van der Waals surface area contributed by atoms with E-state index >= 15 is 0 Å². The number of rotatable bonds is 8. The number of hydrogen-bond donors (Lipinski definition) is 4. The number of aromatic amines is 1. The molecule has 0 saturated carbocycles. The molecule has 9 heteroatoms. The van der Waals surface area contributed by atoms with E-state index in [2.05, 4.69) is 16.9 Å². The first-order valence-corrected chi connectivity index (χ1v) is 8.07. The Labute approximate surface area is 144 Å². The molecule has 0 bridgehead atoms. The minimum atomic E-state index is -1.49. The lowest BCUT2D eigenvalue weighted by molar-refractivity contribution is -0.130.